The van der Waals surface area contributed by atoms with Crippen molar-refractivity contribution in [3.05, 3.63) is 72.9 Å². The number of hydrogen-bond acceptors (Lipinski definition) is 11. The Morgan fingerprint density at radius 3 is 1.62 bits per heavy atom. The van der Waals surface area contributed by atoms with Gasteiger partial charge in [-0.25, -0.2) is 0 Å². The summed E-state index contributed by atoms with van der Waals surface area (Å²) in [5, 5.41) is 30.9. The molecule has 6 atom stereocenters. The molecule has 1 saturated heterocycles. The van der Waals surface area contributed by atoms with Gasteiger partial charge >= 0.3 is 11.9 Å². The first kappa shape index (κ1) is 55.1. The SMILES string of the molecule is CC/C=C/C/C=C/C/C=C/CCCCCCCC(=O)OC[C@H](CO[C@H]1O[C@H](CS(=O)(=O)O)[C@@H](O)C(O)C1O)OC(=O)CCC/C=C/C/C=C/C/C=C/CCCCCCCC. The molecule has 4 N–H and O–H groups in total. The van der Waals surface area contributed by atoms with E-state index in [-0.39, 0.29) is 19.4 Å². The van der Waals surface area contributed by atoms with Crippen LogP contribution >= 0.6 is 0 Å². The molecule has 1 fully saturated rings. The average molecular weight is 867 g/mol. The minimum atomic E-state index is -4.61. The summed E-state index contributed by atoms with van der Waals surface area (Å²) in [6.07, 6.45) is 36.7. The topological polar surface area (TPSA) is 186 Å². The number of ether oxygens (including phenoxy) is 4. The van der Waals surface area contributed by atoms with Gasteiger partial charge in [-0.05, 0) is 77.0 Å². The van der Waals surface area contributed by atoms with Crippen molar-refractivity contribution in [1.82, 2.24) is 0 Å². The second-order valence-electron chi connectivity index (χ2n) is 15.3. The lowest BCUT2D eigenvalue weighted by atomic mass is 10.00. The van der Waals surface area contributed by atoms with Gasteiger partial charge in [0.1, 0.15) is 36.8 Å². The van der Waals surface area contributed by atoms with Gasteiger partial charge in [0, 0.05) is 12.8 Å². The van der Waals surface area contributed by atoms with E-state index in [0.717, 1.165) is 70.6 Å². The zero-order valence-corrected chi connectivity index (χ0v) is 37.3. The lowest BCUT2D eigenvalue weighted by Crippen LogP contribution is -2.60. The first-order chi connectivity index (χ1) is 29.0. The van der Waals surface area contributed by atoms with E-state index in [1.165, 1.54) is 38.5 Å². The highest BCUT2D eigenvalue weighted by Gasteiger charge is 2.46. The van der Waals surface area contributed by atoms with E-state index in [0.29, 0.717) is 19.3 Å². The molecule has 1 heterocycles. The number of carbonyl (C=O) groups is 2. The van der Waals surface area contributed by atoms with Crippen molar-refractivity contribution < 1.29 is 56.8 Å². The Bertz CT molecular complexity index is 1390. The normalized spacial score (nSPS) is 20.8. The second kappa shape index (κ2) is 36.7. The van der Waals surface area contributed by atoms with Gasteiger partial charge in [-0.3, -0.25) is 14.1 Å². The molecule has 1 rings (SSSR count). The molecule has 0 aliphatic carbocycles. The maximum atomic E-state index is 12.8. The van der Waals surface area contributed by atoms with Gasteiger partial charge in [-0.15, -0.1) is 0 Å². The quantitative estimate of drug-likeness (QED) is 0.0203. The van der Waals surface area contributed by atoms with Crippen LogP contribution in [0.4, 0.5) is 0 Å². The van der Waals surface area contributed by atoms with Gasteiger partial charge in [-0.1, -0.05) is 138 Å². The molecule has 1 aliphatic heterocycles. The Labute approximate surface area is 361 Å². The Kier molecular flexibility index (Phi) is 33.7. The minimum absolute atomic E-state index is 0.0850. The van der Waals surface area contributed by atoms with Crippen LogP contribution in [0.25, 0.3) is 0 Å². The fraction of sp³-hybridized carbons (Fsp3) is 0.702. The van der Waals surface area contributed by atoms with Crippen LogP contribution in [0.3, 0.4) is 0 Å². The summed E-state index contributed by atoms with van der Waals surface area (Å²) >= 11 is 0. The van der Waals surface area contributed by atoms with Gasteiger partial charge in [0.15, 0.2) is 12.4 Å². The van der Waals surface area contributed by atoms with Gasteiger partial charge in [-0.2, -0.15) is 8.42 Å². The Balaban J connectivity index is 2.51. The summed E-state index contributed by atoms with van der Waals surface area (Å²) in [6, 6.07) is 0. The molecule has 344 valence electrons. The predicted molar refractivity (Wildman–Crippen MR) is 238 cm³/mol. The van der Waals surface area contributed by atoms with E-state index < -0.39 is 71.2 Å². The van der Waals surface area contributed by atoms with E-state index in [4.69, 9.17) is 18.9 Å². The van der Waals surface area contributed by atoms with E-state index in [2.05, 4.69) is 74.6 Å². The third-order valence-corrected chi connectivity index (χ3v) is 10.5. The third-order valence-electron chi connectivity index (χ3n) is 9.77. The molecule has 0 bridgehead atoms. The van der Waals surface area contributed by atoms with Crippen molar-refractivity contribution >= 4 is 22.1 Å². The maximum Gasteiger partial charge on any atom is 0.306 e. The van der Waals surface area contributed by atoms with Crippen LogP contribution < -0.4 is 0 Å². The Hall–Kier alpha value is -2.91. The third kappa shape index (κ3) is 31.0. The number of aliphatic hydroxyl groups excluding tert-OH is 3. The summed E-state index contributed by atoms with van der Waals surface area (Å²) in [6.45, 7) is 3.57. The van der Waals surface area contributed by atoms with Crippen molar-refractivity contribution in [2.45, 2.75) is 192 Å². The zero-order valence-electron chi connectivity index (χ0n) is 36.5. The smallest absolute Gasteiger partial charge is 0.306 e. The number of hydrogen-bond donors (Lipinski definition) is 4. The van der Waals surface area contributed by atoms with E-state index in [1.54, 1.807) is 0 Å². The molecule has 0 saturated carbocycles. The van der Waals surface area contributed by atoms with Crippen molar-refractivity contribution in [2.75, 3.05) is 19.0 Å². The summed E-state index contributed by atoms with van der Waals surface area (Å²) in [7, 11) is -4.61. The molecule has 2 unspecified atom stereocenters. The zero-order chi connectivity index (χ0) is 44.1. The summed E-state index contributed by atoms with van der Waals surface area (Å²) < 4.78 is 54.0. The lowest BCUT2D eigenvalue weighted by molar-refractivity contribution is -0.297. The molecule has 0 aromatic heterocycles. The Morgan fingerprint density at radius 1 is 0.583 bits per heavy atom. The molecule has 0 aromatic rings. The highest BCUT2D eigenvalue weighted by molar-refractivity contribution is 7.85. The van der Waals surface area contributed by atoms with Crippen LogP contribution in [-0.2, 0) is 38.7 Å². The van der Waals surface area contributed by atoms with Gasteiger partial charge < -0.3 is 34.3 Å². The Morgan fingerprint density at radius 2 is 1.07 bits per heavy atom. The van der Waals surface area contributed by atoms with Crippen LogP contribution in [0.2, 0.25) is 0 Å². The fourth-order valence-corrected chi connectivity index (χ4v) is 6.98. The summed E-state index contributed by atoms with van der Waals surface area (Å²) in [4.78, 5) is 25.4. The van der Waals surface area contributed by atoms with E-state index in [9.17, 15) is 37.9 Å². The van der Waals surface area contributed by atoms with Crippen LogP contribution in [0.15, 0.2) is 72.9 Å². The standard InChI is InChI=1S/C47H78O12S/c1-3-5-7-9-11-13-15-17-19-20-22-24-26-28-30-32-34-36-43(49)58-40(38-57-47-46(52)45(51)44(50)41(59-47)39-60(53,54)55)37-56-42(48)35-33-31-29-27-25-23-21-18-16-14-12-10-8-6-4-2/h6,8,12,14,17-19,21-22,24,28,30,40-41,44-47,50-52H,3-5,7,9-11,13,15-16,20,23,25-27,29,31-39H2,1-2H3,(H,53,54,55)/b8-6+,14-12+,19-17+,21-18+,24-22+,30-28+/t40-,41-,44-,45?,46?,47+/m1/s1. The molecule has 12 nitrogen and oxygen atoms in total. The van der Waals surface area contributed by atoms with Crippen molar-refractivity contribution in [2.24, 2.45) is 0 Å². The monoisotopic (exact) mass is 867 g/mol. The summed E-state index contributed by atoms with van der Waals surface area (Å²) in [5.74, 6) is -2.08. The van der Waals surface area contributed by atoms with Crippen LogP contribution in [0, 0.1) is 0 Å². The largest absolute Gasteiger partial charge is 0.462 e. The van der Waals surface area contributed by atoms with Crippen molar-refractivity contribution in [3.8, 4) is 0 Å². The second-order valence-corrected chi connectivity index (χ2v) is 16.8. The number of allylic oxidation sites excluding steroid dienone is 12. The van der Waals surface area contributed by atoms with Crippen LogP contribution in [0.1, 0.15) is 155 Å². The van der Waals surface area contributed by atoms with Crippen LogP contribution in [-0.4, -0.2) is 96.0 Å². The van der Waals surface area contributed by atoms with Crippen molar-refractivity contribution in [1.29, 1.82) is 0 Å². The number of unbranched alkanes of at least 4 members (excludes halogenated alkanes) is 12. The fourth-order valence-electron chi connectivity index (χ4n) is 6.29. The van der Waals surface area contributed by atoms with Gasteiger partial charge in [0.05, 0.1) is 6.61 Å². The van der Waals surface area contributed by atoms with Gasteiger partial charge in [0.25, 0.3) is 10.1 Å². The van der Waals surface area contributed by atoms with E-state index >= 15 is 0 Å². The number of aliphatic hydroxyl groups is 3. The highest BCUT2D eigenvalue weighted by atomic mass is 32.2. The van der Waals surface area contributed by atoms with E-state index in [1.807, 2.05) is 12.2 Å². The first-order valence-corrected chi connectivity index (χ1v) is 24.1. The minimum Gasteiger partial charge on any atom is -0.462 e. The van der Waals surface area contributed by atoms with Gasteiger partial charge in [0.2, 0.25) is 0 Å². The molecule has 0 amide bonds. The molecule has 0 aromatic carbocycles. The number of esters is 2. The molecule has 0 radical (unpaired) electrons. The number of rotatable bonds is 36. The predicted octanol–water partition coefficient (Wildman–Crippen LogP) is 9.11. The maximum absolute atomic E-state index is 12.8. The molecule has 0 spiro atoms. The van der Waals surface area contributed by atoms with Crippen LogP contribution in [0.5, 0.6) is 0 Å². The first-order valence-electron chi connectivity index (χ1n) is 22.5. The molecular formula is C47H78O12S. The highest BCUT2D eigenvalue weighted by Crippen LogP contribution is 2.24. The lowest BCUT2D eigenvalue weighted by Gasteiger charge is -2.40. The molecule has 60 heavy (non-hydrogen) atoms. The summed E-state index contributed by atoms with van der Waals surface area (Å²) in [5.41, 5.74) is 0. The average Bonchev–Trinajstić information content (AvgIpc) is 3.21. The van der Waals surface area contributed by atoms with Crippen molar-refractivity contribution in [3.63, 3.8) is 0 Å². The number of carbonyl (C=O) groups excluding carboxylic acids is 2. The molecule has 13 heteroatoms. The molecular weight excluding hydrogens is 789 g/mol. The molecule has 1 aliphatic rings.